The molecule has 1 aliphatic heterocycles. The van der Waals surface area contributed by atoms with Crippen LogP contribution in [0.3, 0.4) is 0 Å². The summed E-state index contributed by atoms with van der Waals surface area (Å²) in [7, 11) is -3.82. The number of sulfonamides is 1. The Morgan fingerprint density at radius 2 is 1.84 bits per heavy atom. The summed E-state index contributed by atoms with van der Waals surface area (Å²) in [5.74, 6) is 0.915. The van der Waals surface area contributed by atoms with Crippen LogP contribution in [0.15, 0.2) is 63.0 Å². The summed E-state index contributed by atoms with van der Waals surface area (Å²) < 4.78 is 78.0. The Morgan fingerprint density at radius 3 is 2.54 bits per heavy atom. The number of hydrogen-bond acceptors (Lipinski definition) is 9. The molecule has 0 bridgehead atoms. The van der Waals surface area contributed by atoms with E-state index in [2.05, 4.69) is 25.3 Å². The molecule has 3 aromatic heterocycles. The highest BCUT2D eigenvalue weighted by Crippen LogP contribution is 2.35. The van der Waals surface area contributed by atoms with Crippen LogP contribution in [-0.2, 0) is 16.2 Å². The van der Waals surface area contributed by atoms with Gasteiger partial charge in [-0.05, 0) is 31.2 Å². The molecule has 1 fully saturated rings. The van der Waals surface area contributed by atoms with E-state index in [1.165, 1.54) is 28.7 Å². The predicted octanol–water partition coefficient (Wildman–Crippen LogP) is 3.70. The lowest BCUT2D eigenvalue weighted by Gasteiger charge is -2.35. The zero-order valence-electron chi connectivity index (χ0n) is 19.6. The van der Waals surface area contributed by atoms with Crippen molar-refractivity contribution in [2.45, 2.75) is 24.2 Å². The van der Waals surface area contributed by atoms with Crippen LogP contribution in [0, 0.1) is 0 Å². The molecule has 1 atom stereocenters. The van der Waals surface area contributed by atoms with Gasteiger partial charge in [0.25, 0.3) is 10.0 Å². The van der Waals surface area contributed by atoms with Crippen molar-refractivity contribution in [3.8, 4) is 11.5 Å². The van der Waals surface area contributed by atoms with Gasteiger partial charge in [-0.1, -0.05) is 11.2 Å². The van der Waals surface area contributed by atoms with Gasteiger partial charge in [0.15, 0.2) is 5.76 Å². The van der Waals surface area contributed by atoms with Crippen molar-refractivity contribution in [1.29, 1.82) is 0 Å². The van der Waals surface area contributed by atoms with Gasteiger partial charge in [-0.3, -0.25) is 4.90 Å². The fourth-order valence-electron chi connectivity index (χ4n) is 4.31. The number of halogens is 3. The molecule has 1 N–H and O–H groups in total. The molecule has 14 heteroatoms. The molecule has 10 nitrogen and oxygen atoms in total. The van der Waals surface area contributed by atoms with Crippen LogP contribution in [0.25, 0.3) is 22.4 Å². The molecule has 196 valence electrons. The van der Waals surface area contributed by atoms with Crippen molar-refractivity contribution < 1.29 is 30.5 Å². The van der Waals surface area contributed by atoms with Gasteiger partial charge in [-0.2, -0.15) is 17.5 Å². The molecular formula is C23H23F3N6O4S. The summed E-state index contributed by atoms with van der Waals surface area (Å²) in [6.07, 6.45) is -1.98. The largest absolute Gasteiger partial charge is 0.440 e. The van der Waals surface area contributed by atoms with E-state index < -0.39 is 21.8 Å². The standard InChI is InChI=1S/C23H23F3N6O4S/c1-15(30-22-16-3-2-4-17(23(24,25)26)21(16)27-14-28-22)13-31-9-11-32(12-10-31)37(33,34)20-6-5-18(35-20)19-7-8-29-36-19/h2-8,14-15H,9-13H2,1H3,(H,27,28,30). The molecule has 0 amide bonds. The van der Waals surface area contributed by atoms with Crippen molar-refractivity contribution in [2.24, 2.45) is 0 Å². The number of alkyl halides is 3. The second-order valence-electron chi connectivity index (χ2n) is 8.67. The number of benzene rings is 1. The first-order valence-electron chi connectivity index (χ1n) is 11.4. The topological polar surface area (TPSA) is 118 Å². The van der Waals surface area contributed by atoms with Crippen LogP contribution in [0.1, 0.15) is 12.5 Å². The number of rotatable bonds is 7. The van der Waals surface area contributed by atoms with Gasteiger partial charge in [0.2, 0.25) is 10.9 Å². The molecule has 0 spiro atoms. The molecule has 1 aromatic carbocycles. The number of nitrogens with zero attached hydrogens (tertiary/aromatic N) is 5. The molecule has 4 heterocycles. The van der Waals surface area contributed by atoms with Gasteiger partial charge in [0.1, 0.15) is 12.1 Å². The number of para-hydroxylation sites is 1. The lowest BCUT2D eigenvalue weighted by atomic mass is 10.1. The Morgan fingerprint density at radius 1 is 1.05 bits per heavy atom. The minimum Gasteiger partial charge on any atom is -0.440 e. The third-order valence-electron chi connectivity index (χ3n) is 6.07. The van der Waals surface area contributed by atoms with E-state index in [4.69, 9.17) is 8.94 Å². The fourth-order valence-corrected chi connectivity index (χ4v) is 5.65. The van der Waals surface area contributed by atoms with E-state index >= 15 is 0 Å². The molecular weight excluding hydrogens is 513 g/mol. The Balaban J connectivity index is 1.21. The summed E-state index contributed by atoms with van der Waals surface area (Å²) >= 11 is 0. The van der Waals surface area contributed by atoms with E-state index in [9.17, 15) is 21.6 Å². The van der Waals surface area contributed by atoms with E-state index in [0.717, 1.165) is 12.4 Å². The molecule has 4 aromatic rings. The molecule has 0 radical (unpaired) electrons. The molecule has 1 aliphatic rings. The molecule has 5 rings (SSSR count). The van der Waals surface area contributed by atoms with Gasteiger partial charge < -0.3 is 14.3 Å². The third-order valence-corrected chi connectivity index (χ3v) is 7.85. The van der Waals surface area contributed by atoms with Crippen LogP contribution in [0.4, 0.5) is 19.0 Å². The highest BCUT2D eigenvalue weighted by Gasteiger charge is 2.34. The highest BCUT2D eigenvalue weighted by molar-refractivity contribution is 7.89. The zero-order chi connectivity index (χ0) is 26.2. The maximum absolute atomic E-state index is 13.4. The number of hydrogen-bond donors (Lipinski definition) is 1. The second-order valence-corrected chi connectivity index (χ2v) is 10.5. The van der Waals surface area contributed by atoms with Gasteiger partial charge in [-0.15, -0.1) is 0 Å². The van der Waals surface area contributed by atoms with Crippen LogP contribution in [0.5, 0.6) is 0 Å². The molecule has 0 saturated carbocycles. The normalized spacial score (nSPS) is 16.8. The first-order valence-corrected chi connectivity index (χ1v) is 12.9. The van der Waals surface area contributed by atoms with Crippen molar-refractivity contribution in [1.82, 2.24) is 24.3 Å². The van der Waals surface area contributed by atoms with Gasteiger partial charge >= 0.3 is 6.18 Å². The number of fused-ring (bicyclic) bond motifs is 1. The van der Waals surface area contributed by atoms with Gasteiger partial charge in [0, 0.05) is 50.2 Å². The van der Waals surface area contributed by atoms with Crippen LogP contribution in [-0.4, -0.2) is 71.5 Å². The van der Waals surface area contributed by atoms with Gasteiger partial charge in [0.05, 0.1) is 17.3 Å². The van der Waals surface area contributed by atoms with Crippen molar-refractivity contribution in [3.63, 3.8) is 0 Å². The van der Waals surface area contributed by atoms with Crippen LogP contribution in [0.2, 0.25) is 0 Å². The lowest BCUT2D eigenvalue weighted by Crippen LogP contribution is -2.50. The monoisotopic (exact) mass is 536 g/mol. The number of anilines is 1. The van der Waals surface area contributed by atoms with E-state index in [-0.39, 0.29) is 40.9 Å². The van der Waals surface area contributed by atoms with Gasteiger partial charge in [-0.25, -0.2) is 18.4 Å². The Hall–Kier alpha value is -3.49. The minimum atomic E-state index is -4.52. The summed E-state index contributed by atoms with van der Waals surface area (Å²) in [5, 5.41) is 6.87. The number of piperazine rings is 1. The molecule has 0 aliphatic carbocycles. The number of furan rings is 1. The predicted molar refractivity (Wildman–Crippen MR) is 127 cm³/mol. The first-order chi connectivity index (χ1) is 17.6. The Labute approximate surface area is 210 Å². The summed E-state index contributed by atoms with van der Waals surface area (Å²) in [6.45, 7) is 3.90. The highest BCUT2D eigenvalue weighted by atomic mass is 32.2. The first kappa shape index (κ1) is 25.2. The average molecular weight is 537 g/mol. The fraction of sp³-hybridized carbons (Fsp3) is 0.348. The maximum atomic E-state index is 13.4. The second kappa shape index (κ2) is 9.76. The van der Waals surface area contributed by atoms with Crippen LogP contribution < -0.4 is 5.32 Å². The smallest absolute Gasteiger partial charge is 0.418 e. The average Bonchev–Trinajstić information content (AvgIpc) is 3.56. The SMILES string of the molecule is CC(CN1CCN(S(=O)(=O)c2ccc(-c3ccno3)o2)CC1)Nc1ncnc2c(C(F)(F)F)cccc12. The molecule has 1 unspecified atom stereocenters. The Bertz CT molecular complexity index is 1480. The zero-order valence-corrected chi connectivity index (χ0v) is 20.5. The summed E-state index contributed by atoms with van der Waals surface area (Å²) in [5.41, 5.74) is -0.979. The van der Waals surface area contributed by atoms with Crippen molar-refractivity contribution >= 4 is 26.7 Å². The van der Waals surface area contributed by atoms with Crippen molar-refractivity contribution in [2.75, 3.05) is 38.0 Å². The summed E-state index contributed by atoms with van der Waals surface area (Å²) in [6, 6.07) is 8.18. The van der Waals surface area contributed by atoms with E-state index in [1.54, 1.807) is 12.1 Å². The third kappa shape index (κ3) is 5.17. The molecule has 1 saturated heterocycles. The van der Waals surface area contributed by atoms with Crippen LogP contribution >= 0.6 is 0 Å². The van der Waals surface area contributed by atoms with E-state index in [1.807, 2.05) is 6.92 Å². The van der Waals surface area contributed by atoms with E-state index in [0.29, 0.717) is 31.2 Å². The Kier molecular flexibility index (Phi) is 6.64. The number of aromatic nitrogens is 3. The molecule has 37 heavy (non-hydrogen) atoms. The lowest BCUT2D eigenvalue weighted by molar-refractivity contribution is -0.136. The van der Waals surface area contributed by atoms with Crippen molar-refractivity contribution in [3.05, 3.63) is 54.5 Å². The quantitative estimate of drug-likeness (QED) is 0.377. The number of nitrogens with one attached hydrogen (secondary N) is 1. The summed E-state index contributed by atoms with van der Waals surface area (Å²) in [4.78, 5) is 10.1. The maximum Gasteiger partial charge on any atom is 0.418 e. The minimum absolute atomic E-state index is 0.164.